The molecule has 0 fully saturated rings. The van der Waals surface area contributed by atoms with Crippen molar-refractivity contribution < 1.29 is 5.11 Å². The van der Waals surface area contributed by atoms with Crippen molar-refractivity contribution in [3.63, 3.8) is 0 Å². The van der Waals surface area contributed by atoms with E-state index in [-0.39, 0.29) is 6.04 Å². The summed E-state index contributed by atoms with van der Waals surface area (Å²) in [6.45, 7) is 6.16. The maximum absolute atomic E-state index is 10.4. The van der Waals surface area contributed by atoms with Gasteiger partial charge in [0.15, 0.2) is 0 Å². The molecule has 0 amide bonds. The summed E-state index contributed by atoms with van der Waals surface area (Å²) in [5, 5.41) is 14.6. The molecule has 0 aromatic carbocycles. The monoisotopic (exact) mass is 260 g/mol. The van der Waals surface area contributed by atoms with Crippen molar-refractivity contribution in [3.05, 3.63) is 41.7 Å². The van der Waals surface area contributed by atoms with Gasteiger partial charge in [-0.05, 0) is 37.5 Å². The van der Waals surface area contributed by atoms with E-state index in [1.807, 2.05) is 16.9 Å². The van der Waals surface area contributed by atoms with Gasteiger partial charge in [0.25, 0.3) is 0 Å². The number of aliphatic hydroxyl groups is 1. The number of hydrogen-bond acceptors (Lipinski definition) is 4. The Morgan fingerprint density at radius 1 is 1.37 bits per heavy atom. The van der Waals surface area contributed by atoms with Crippen molar-refractivity contribution in [2.24, 2.45) is 0 Å². The standard InChI is InChI=1S/C14H20N4O/c1-4-11-8-15-6-5-12(11)13(19)7-14-16-9-17-18(14)10(2)3/h5-6,8-10,13,19H,4,7H2,1-3H3. The fourth-order valence-electron chi connectivity index (χ4n) is 2.19. The van der Waals surface area contributed by atoms with Crippen LogP contribution in [0, 0.1) is 0 Å². The van der Waals surface area contributed by atoms with Gasteiger partial charge >= 0.3 is 0 Å². The average molecular weight is 260 g/mol. The number of aliphatic hydroxyl groups excluding tert-OH is 1. The number of hydrogen-bond donors (Lipinski definition) is 1. The van der Waals surface area contributed by atoms with Crippen molar-refractivity contribution in [1.82, 2.24) is 19.7 Å². The van der Waals surface area contributed by atoms with E-state index < -0.39 is 6.10 Å². The van der Waals surface area contributed by atoms with Crippen molar-refractivity contribution in [2.75, 3.05) is 0 Å². The number of nitrogens with zero attached hydrogens (tertiary/aromatic N) is 4. The number of rotatable bonds is 5. The van der Waals surface area contributed by atoms with Crippen LogP contribution in [-0.2, 0) is 12.8 Å². The van der Waals surface area contributed by atoms with E-state index >= 15 is 0 Å². The first-order valence-corrected chi connectivity index (χ1v) is 6.62. The Balaban J connectivity index is 2.21. The van der Waals surface area contributed by atoms with Crippen LogP contribution in [0.1, 0.15) is 49.9 Å². The number of pyridine rings is 1. The third-order valence-corrected chi connectivity index (χ3v) is 3.19. The predicted octanol–water partition coefficient (Wildman–Crippen LogP) is 2.09. The van der Waals surface area contributed by atoms with Gasteiger partial charge < -0.3 is 5.11 Å². The molecule has 0 aliphatic carbocycles. The highest BCUT2D eigenvalue weighted by Crippen LogP contribution is 2.21. The van der Waals surface area contributed by atoms with Crippen LogP contribution in [0.4, 0.5) is 0 Å². The predicted molar refractivity (Wildman–Crippen MR) is 72.7 cm³/mol. The lowest BCUT2D eigenvalue weighted by atomic mass is 10.0. The van der Waals surface area contributed by atoms with Crippen LogP contribution in [-0.4, -0.2) is 24.9 Å². The smallest absolute Gasteiger partial charge is 0.138 e. The molecule has 0 aliphatic rings. The zero-order valence-electron chi connectivity index (χ0n) is 11.6. The molecule has 102 valence electrons. The second kappa shape index (κ2) is 5.93. The topological polar surface area (TPSA) is 63.8 Å². The molecule has 0 saturated carbocycles. The molecule has 0 spiro atoms. The zero-order valence-corrected chi connectivity index (χ0v) is 11.6. The molecule has 2 heterocycles. The molecule has 1 atom stereocenters. The summed E-state index contributed by atoms with van der Waals surface area (Å²) in [5.41, 5.74) is 2.00. The van der Waals surface area contributed by atoms with Crippen LogP contribution in [0.3, 0.4) is 0 Å². The Kier molecular flexibility index (Phi) is 4.27. The minimum absolute atomic E-state index is 0.243. The fraction of sp³-hybridized carbons (Fsp3) is 0.500. The summed E-state index contributed by atoms with van der Waals surface area (Å²) in [4.78, 5) is 8.33. The first-order chi connectivity index (χ1) is 9.13. The molecule has 0 radical (unpaired) electrons. The van der Waals surface area contributed by atoms with Gasteiger partial charge in [-0.1, -0.05) is 6.92 Å². The molecule has 0 bridgehead atoms. The van der Waals surface area contributed by atoms with E-state index in [4.69, 9.17) is 0 Å². The fourth-order valence-corrected chi connectivity index (χ4v) is 2.19. The summed E-state index contributed by atoms with van der Waals surface area (Å²) in [6.07, 6.45) is 5.82. The minimum Gasteiger partial charge on any atom is -0.388 e. The Morgan fingerprint density at radius 2 is 2.16 bits per heavy atom. The Hall–Kier alpha value is -1.75. The minimum atomic E-state index is -0.570. The van der Waals surface area contributed by atoms with Gasteiger partial charge in [-0.25, -0.2) is 9.67 Å². The van der Waals surface area contributed by atoms with Crippen LogP contribution in [0.15, 0.2) is 24.8 Å². The van der Waals surface area contributed by atoms with E-state index in [9.17, 15) is 5.11 Å². The lowest BCUT2D eigenvalue weighted by Crippen LogP contribution is -2.13. The molecular formula is C14H20N4O. The van der Waals surface area contributed by atoms with Gasteiger partial charge in [0.05, 0.1) is 6.10 Å². The van der Waals surface area contributed by atoms with Crippen molar-refractivity contribution in [1.29, 1.82) is 0 Å². The Morgan fingerprint density at radius 3 is 2.84 bits per heavy atom. The molecule has 1 unspecified atom stereocenters. The normalized spacial score (nSPS) is 12.9. The van der Waals surface area contributed by atoms with Gasteiger partial charge in [-0.2, -0.15) is 5.10 Å². The first-order valence-electron chi connectivity index (χ1n) is 6.62. The van der Waals surface area contributed by atoms with Crippen molar-refractivity contribution in [2.45, 2.75) is 45.8 Å². The van der Waals surface area contributed by atoms with Gasteiger partial charge in [0, 0.05) is 24.9 Å². The summed E-state index contributed by atoms with van der Waals surface area (Å²) in [6, 6.07) is 2.12. The van der Waals surface area contributed by atoms with Crippen molar-refractivity contribution >= 4 is 0 Å². The number of aryl methyl sites for hydroxylation is 1. The number of aromatic nitrogens is 4. The van der Waals surface area contributed by atoms with E-state index in [1.54, 1.807) is 6.20 Å². The van der Waals surface area contributed by atoms with Gasteiger partial charge in [-0.3, -0.25) is 4.98 Å². The van der Waals surface area contributed by atoms with Crippen molar-refractivity contribution in [3.8, 4) is 0 Å². The molecule has 1 N–H and O–H groups in total. The molecule has 2 aromatic rings. The Labute approximate surface area is 113 Å². The van der Waals surface area contributed by atoms with Crippen LogP contribution in [0.25, 0.3) is 0 Å². The van der Waals surface area contributed by atoms with Crippen LogP contribution >= 0.6 is 0 Å². The van der Waals surface area contributed by atoms with Crippen LogP contribution in [0.2, 0.25) is 0 Å². The summed E-state index contributed by atoms with van der Waals surface area (Å²) >= 11 is 0. The summed E-state index contributed by atoms with van der Waals surface area (Å²) < 4.78 is 1.84. The van der Waals surface area contributed by atoms with Gasteiger partial charge in [-0.15, -0.1) is 0 Å². The maximum Gasteiger partial charge on any atom is 0.138 e. The van der Waals surface area contributed by atoms with Gasteiger partial charge in [0.2, 0.25) is 0 Å². The zero-order chi connectivity index (χ0) is 13.8. The third kappa shape index (κ3) is 2.98. The lowest BCUT2D eigenvalue weighted by molar-refractivity contribution is 0.172. The molecular weight excluding hydrogens is 240 g/mol. The highest BCUT2D eigenvalue weighted by Gasteiger charge is 2.16. The molecule has 0 saturated heterocycles. The second-order valence-electron chi connectivity index (χ2n) is 4.86. The largest absolute Gasteiger partial charge is 0.388 e. The Bertz CT molecular complexity index is 536. The molecule has 0 aliphatic heterocycles. The molecule has 19 heavy (non-hydrogen) atoms. The van der Waals surface area contributed by atoms with E-state index in [1.165, 1.54) is 6.33 Å². The van der Waals surface area contributed by atoms with E-state index in [0.29, 0.717) is 6.42 Å². The quantitative estimate of drug-likeness (QED) is 0.894. The molecule has 2 rings (SSSR count). The third-order valence-electron chi connectivity index (χ3n) is 3.19. The average Bonchev–Trinajstić information content (AvgIpc) is 2.87. The highest BCUT2D eigenvalue weighted by molar-refractivity contribution is 5.26. The van der Waals surface area contributed by atoms with Crippen LogP contribution < -0.4 is 0 Å². The highest BCUT2D eigenvalue weighted by atomic mass is 16.3. The van der Waals surface area contributed by atoms with E-state index in [0.717, 1.165) is 23.4 Å². The SMILES string of the molecule is CCc1cnccc1C(O)Cc1ncnn1C(C)C. The second-order valence-corrected chi connectivity index (χ2v) is 4.86. The maximum atomic E-state index is 10.4. The van der Waals surface area contributed by atoms with Crippen LogP contribution in [0.5, 0.6) is 0 Å². The molecule has 2 aromatic heterocycles. The summed E-state index contributed by atoms with van der Waals surface area (Å²) in [5.74, 6) is 0.807. The summed E-state index contributed by atoms with van der Waals surface area (Å²) in [7, 11) is 0. The van der Waals surface area contributed by atoms with Gasteiger partial charge in [0.1, 0.15) is 12.2 Å². The molecule has 5 heteroatoms. The lowest BCUT2D eigenvalue weighted by Gasteiger charge is -2.15. The van der Waals surface area contributed by atoms with E-state index in [2.05, 4.69) is 35.8 Å². The molecule has 5 nitrogen and oxygen atoms in total. The first kappa shape index (κ1) is 13.7.